The molecule has 0 amide bonds. The molecule has 2 aromatic carbocycles. The van der Waals surface area contributed by atoms with E-state index in [4.69, 9.17) is 5.11 Å². The van der Waals surface area contributed by atoms with Crippen molar-refractivity contribution in [2.24, 2.45) is 0 Å². The maximum atomic E-state index is 13.9. The van der Waals surface area contributed by atoms with Crippen molar-refractivity contribution >= 4 is 5.97 Å². The molecule has 1 atom stereocenters. The highest BCUT2D eigenvalue weighted by molar-refractivity contribution is 5.89. The van der Waals surface area contributed by atoms with Crippen LogP contribution in [0.4, 0.5) is 4.39 Å². The Bertz CT molecular complexity index is 564. The van der Waals surface area contributed by atoms with Gasteiger partial charge >= 0.3 is 5.97 Å². The zero-order valence-electron chi connectivity index (χ0n) is 9.93. The summed E-state index contributed by atoms with van der Waals surface area (Å²) in [6, 6.07) is 13.4. The summed E-state index contributed by atoms with van der Waals surface area (Å²) in [6.45, 7) is 1.81. The Morgan fingerprint density at radius 1 is 1.11 bits per heavy atom. The molecule has 2 nitrogen and oxygen atoms in total. The number of hydrogen-bond donors (Lipinski definition) is 1. The minimum absolute atomic E-state index is 0.0198. The predicted molar refractivity (Wildman–Crippen MR) is 67.3 cm³/mol. The summed E-state index contributed by atoms with van der Waals surface area (Å²) in [6.07, 6.45) is 0. The molecule has 0 radical (unpaired) electrons. The fourth-order valence-corrected chi connectivity index (χ4v) is 2.07. The van der Waals surface area contributed by atoms with E-state index in [1.54, 1.807) is 6.92 Å². The zero-order valence-corrected chi connectivity index (χ0v) is 9.93. The summed E-state index contributed by atoms with van der Waals surface area (Å²) < 4.78 is 13.9. The van der Waals surface area contributed by atoms with E-state index >= 15 is 0 Å². The van der Waals surface area contributed by atoms with Crippen molar-refractivity contribution in [3.05, 3.63) is 71.0 Å². The highest BCUT2D eigenvalue weighted by Gasteiger charge is 2.20. The topological polar surface area (TPSA) is 37.3 Å². The predicted octanol–water partition coefficient (Wildman–Crippen LogP) is 3.68. The van der Waals surface area contributed by atoms with Gasteiger partial charge in [-0.2, -0.15) is 0 Å². The minimum Gasteiger partial charge on any atom is -0.478 e. The molecule has 0 aliphatic rings. The van der Waals surface area contributed by atoms with Crippen LogP contribution in [0.15, 0.2) is 48.5 Å². The van der Waals surface area contributed by atoms with Crippen LogP contribution < -0.4 is 0 Å². The Morgan fingerprint density at radius 3 is 2.39 bits per heavy atom. The summed E-state index contributed by atoms with van der Waals surface area (Å²) in [5.74, 6) is -1.88. The molecule has 0 aromatic heterocycles. The molecule has 3 heteroatoms. The molecule has 2 rings (SSSR count). The number of benzene rings is 2. The standard InChI is InChI=1S/C15H13FO2/c1-10(11-6-3-2-4-7-11)14-12(15(17)18)8-5-9-13(14)16/h2-10H,1H3,(H,17,18). The van der Waals surface area contributed by atoms with E-state index in [1.165, 1.54) is 18.2 Å². The van der Waals surface area contributed by atoms with Crippen LogP contribution >= 0.6 is 0 Å². The minimum atomic E-state index is -1.10. The quantitative estimate of drug-likeness (QED) is 0.894. The second-order valence-corrected chi connectivity index (χ2v) is 4.14. The zero-order chi connectivity index (χ0) is 13.1. The Kier molecular flexibility index (Phi) is 3.42. The van der Waals surface area contributed by atoms with Crippen molar-refractivity contribution in [3.8, 4) is 0 Å². The van der Waals surface area contributed by atoms with E-state index in [1.807, 2.05) is 30.3 Å². The largest absolute Gasteiger partial charge is 0.478 e. The smallest absolute Gasteiger partial charge is 0.336 e. The number of halogens is 1. The molecule has 18 heavy (non-hydrogen) atoms. The third-order valence-corrected chi connectivity index (χ3v) is 3.02. The number of aromatic carboxylic acids is 1. The molecule has 0 aliphatic heterocycles. The summed E-state index contributed by atoms with van der Waals surface area (Å²) in [4.78, 5) is 11.1. The van der Waals surface area contributed by atoms with Crippen LogP contribution in [0.5, 0.6) is 0 Å². The van der Waals surface area contributed by atoms with Crippen molar-refractivity contribution in [2.75, 3.05) is 0 Å². The van der Waals surface area contributed by atoms with Crippen molar-refractivity contribution < 1.29 is 14.3 Å². The van der Waals surface area contributed by atoms with Crippen molar-refractivity contribution in [3.63, 3.8) is 0 Å². The maximum absolute atomic E-state index is 13.9. The van der Waals surface area contributed by atoms with Gasteiger partial charge < -0.3 is 5.11 Å². The first kappa shape index (κ1) is 12.3. The Hall–Kier alpha value is -2.16. The number of carboxylic acid groups (broad SMARTS) is 1. The van der Waals surface area contributed by atoms with Crippen LogP contribution in [0.25, 0.3) is 0 Å². The average molecular weight is 244 g/mol. The molecular weight excluding hydrogens is 231 g/mol. The lowest BCUT2D eigenvalue weighted by atomic mass is 9.89. The van der Waals surface area contributed by atoms with Gasteiger partial charge in [0.15, 0.2) is 0 Å². The SMILES string of the molecule is CC(c1ccccc1)c1c(F)cccc1C(=O)O. The maximum Gasteiger partial charge on any atom is 0.336 e. The summed E-state index contributed by atoms with van der Waals surface area (Å²) in [5, 5.41) is 9.12. The lowest BCUT2D eigenvalue weighted by Gasteiger charge is -2.15. The molecular formula is C15H13FO2. The molecule has 0 saturated carbocycles. The Morgan fingerprint density at radius 2 is 1.78 bits per heavy atom. The number of hydrogen-bond acceptors (Lipinski definition) is 1. The van der Waals surface area contributed by atoms with Crippen molar-refractivity contribution in [1.29, 1.82) is 0 Å². The normalized spacial score (nSPS) is 12.1. The first-order valence-corrected chi connectivity index (χ1v) is 5.68. The summed E-state index contributed by atoms with van der Waals surface area (Å²) in [5.41, 5.74) is 1.15. The average Bonchev–Trinajstić information content (AvgIpc) is 2.38. The van der Waals surface area contributed by atoms with Gasteiger partial charge in [-0.15, -0.1) is 0 Å². The van der Waals surface area contributed by atoms with Gasteiger partial charge in [-0.1, -0.05) is 43.3 Å². The first-order chi connectivity index (χ1) is 8.61. The molecule has 0 spiro atoms. The van der Waals surface area contributed by atoms with E-state index in [2.05, 4.69) is 0 Å². The molecule has 0 bridgehead atoms. The highest BCUT2D eigenvalue weighted by atomic mass is 19.1. The molecule has 0 heterocycles. The lowest BCUT2D eigenvalue weighted by Crippen LogP contribution is -2.09. The van der Waals surface area contributed by atoms with E-state index in [9.17, 15) is 9.18 Å². The van der Waals surface area contributed by atoms with Gasteiger partial charge in [0.25, 0.3) is 0 Å². The first-order valence-electron chi connectivity index (χ1n) is 5.68. The van der Waals surface area contributed by atoms with Crippen molar-refractivity contribution in [2.45, 2.75) is 12.8 Å². The van der Waals surface area contributed by atoms with Gasteiger partial charge in [0.2, 0.25) is 0 Å². The van der Waals surface area contributed by atoms with E-state index in [-0.39, 0.29) is 17.0 Å². The van der Waals surface area contributed by atoms with Crippen LogP contribution in [0.1, 0.15) is 34.3 Å². The van der Waals surface area contributed by atoms with Gasteiger partial charge in [0.05, 0.1) is 5.56 Å². The number of carbonyl (C=O) groups is 1. The number of rotatable bonds is 3. The third kappa shape index (κ3) is 2.25. The lowest BCUT2D eigenvalue weighted by molar-refractivity contribution is 0.0694. The van der Waals surface area contributed by atoms with Crippen LogP contribution in [0, 0.1) is 5.82 Å². The summed E-state index contributed by atoms with van der Waals surface area (Å²) in [7, 11) is 0. The molecule has 92 valence electrons. The monoisotopic (exact) mass is 244 g/mol. The second kappa shape index (κ2) is 5.00. The van der Waals surface area contributed by atoms with Crippen LogP contribution in [-0.2, 0) is 0 Å². The number of carboxylic acids is 1. The Labute approximate surface area is 105 Å². The molecule has 0 fully saturated rings. The highest BCUT2D eigenvalue weighted by Crippen LogP contribution is 2.29. The van der Waals surface area contributed by atoms with Gasteiger partial charge in [-0.25, -0.2) is 9.18 Å². The molecule has 1 N–H and O–H groups in total. The fourth-order valence-electron chi connectivity index (χ4n) is 2.07. The van der Waals surface area contributed by atoms with E-state index < -0.39 is 11.8 Å². The molecule has 1 unspecified atom stereocenters. The molecule has 2 aromatic rings. The van der Waals surface area contributed by atoms with Crippen LogP contribution in [0.3, 0.4) is 0 Å². The van der Waals surface area contributed by atoms with E-state index in [0.717, 1.165) is 5.56 Å². The molecule has 0 saturated heterocycles. The second-order valence-electron chi connectivity index (χ2n) is 4.14. The van der Waals surface area contributed by atoms with Crippen LogP contribution in [0.2, 0.25) is 0 Å². The van der Waals surface area contributed by atoms with Gasteiger partial charge in [0, 0.05) is 11.5 Å². The van der Waals surface area contributed by atoms with Gasteiger partial charge in [-0.3, -0.25) is 0 Å². The van der Waals surface area contributed by atoms with Crippen molar-refractivity contribution in [1.82, 2.24) is 0 Å². The summed E-state index contributed by atoms with van der Waals surface area (Å²) >= 11 is 0. The molecule has 0 aliphatic carbocycles. The van der Waals surface area contributed by atoms with Gasteiger partial charge in [-0.05, 0) is 17.7 Å². The van der Waals surface area contributed by atoms with Crippen LogP contribution in [-0.4, -0.2) is 11.1 Å². The Balaban J connectivity index is 2.54. The fraction of sp³-hybridized carbons (Fsp3) is 0.133. The van der Waals surface area contributed by atoms with Gasteiger partial charge in [0.1, 0.15) is 5.82 Å². The van der Waals surface area contributed by atoms with E-state index in [0.29, 0.717) is 0 Å². The third-order valence-electron chi connectivity index (χ3n) is 3.02.